The Hall–Kier alpha value is -2.71. The molecule has 29 heavy (non-hydrogen) atoms. The fourth-order valence-corrected chi connectivity index (χ4v) is 3.75. The van der Waals surface area contributed by atoms with Gasteiger partial charge in [0.25, 0.3) is 0 Å². The summed E-state index contributed by atoms with van der Waals surface area (Å²) >= 11 is 0. The van der Waals surface area contributed by atoms with Crippen LogP contribution < -0.4 is 15.1 Å². The van der Waals surface area contributed by atoms with Gasteiger partial charge in [-0.3, -0.25) is 9.69 Å². The number of amides is 1. The van der Waals surface area contributed by atoms with Crippen LogP contribution in [-0.4, -0.2) is 79.3 Å². The average Bonchev–Trinajstić information content (AvgIpc) is 2.80. The zero-order chi connectivity index (χ0) is 20.1. The summed E-state index contributed by atoms with van der Waals surface area (Å²) in [6.45, 7) is 8.55. The molecule has 4 rings (SSSR count). The third-order valence-corrected chi connectivity index (χ3v) is 5.59. The molecule has 2 aromatic rings. The number of nitrogens with zero attached hydrogens (tertiary/aromatic N) is 5. The van der Waals surface area contributed by atoms with E-state index in [-0.39, 0.29) is 11.9 Å². The third-order valence-electron chi connectivity index (χ3n) is 5.59. The minimum Gasteiger partial charge on any atom is -0.378 e. The molecular formula is C21H28N6O2. The minimum absolute atomic E-state index is 0.0218. The number of piperazine rings is 1. The van der Waals surface area contributed by atoms with Crippen molar-refractivity contribution < 1.29 is 9.53 Å². The summed E-state index contributed by atoms with van der Waals surface area (Å²) in [6.07, 6.45) is 3.52. The molecule has 2 saturated heterocycles. The molecule has 2 aliphatic heterocycles. The molecule has 1 N–H and O–H groups in total. The third kappa shape index (κ3) is 4.83. The van der Waals surface area contributed by atoms with E-state index in [0.29, 0.717) is 0 Å². The zero-order valence-electron chi connectivity index (χ0n) is 16.8. The molecule has 3 heterocycles. The Balaban J connectivity index is 1.28. The van der Waals surface area contributed by atoms with E-state index in [4.69, 9.17) is 4.74 Å². The van der Waals surface area contributed by atoms with Crippen LogP contribution in [0.25, 0.3) is 0 Å². The lowest BCUT2D eigenvalue weighted by Gasteiger charge is -2.37. The quantitative estimate of drug-likeness (QED) is 0.820. The molecule has 0 spiro atoms. The number of rotatable bonds is 5. The summed E-state index contributed by atoms with van der Waals surface area (Å²) in [7, 11) is 0. The molecule has 1 aromatic carbocycles. The van der Waals surface area contributed by atoms with Crippen molar-refractivity contribution in [3.8, 4) is 0 Å². The first-order chi connectivity index (χ1) is 14.2. The Morgan fingerprint density at radius 3 is 2.28 bits per heavy atom. The molecule has 0 aliphatic carbocycles. The van der Waals surface area contributed by atoms with E-state index in [9.17, 15) is 4.79 Å². The number of nitrogens with one attached hydrogen (secondary N) is 1. The van der Waals surface area contributed by atoms with E-state index in [2.05, 4.69) is 42.1 Å². The molecule has 8 heteroatoms. The summed E-state index contributed by atoms with van der Waals surface area (Å²) in [6, 6.07) is 9.70. The molecule has 1 atom stereocenters. The molecule has 8 nitrogen and oxygen atoms in total. The normalized spacial score (nSPS) is 19.1. The highest BCUT2D eigenvalue weighted by Crippen LogP contribution is 2.20. The summed E-state index contributed by atoms with van der Waals surface area (Å²) in [5.41, 5.74) is 1.99. The second-order valence-electron chi connectivity index (χ2n) is 7.38. The van der Waals surface area contributed by atoms with Crippen molar-refractivity contribution in [1.29, 1.82) is 0 Å². The predicted octanol–water partition coefficient (Wildman–Crippen LogP) is 1.46. The first-order valence-electron chi connectivity index (χ1n) is 10.2. The minimum atomic E-state index is -0.187. The number of benzene rings is 1. The largest absolute Gasteiger partial charge is 0.378 e. The fourth-order valence-electron chi connectivity index (χ4n) is 3.75. The number of aromatic nitrogens is 2. The van der Waals surface area contributed by atoms with Crippen molar-refractivity contribution in [3.05, 3.63) is 42.7 Å². The van der Waals surface area contributed by atoms with Gasteiger partial charge in [-0.2, -0.15) is 0 Å². The Morgan fingerprint density at radius 1 is 0.966 bits per heavy atom. The number of hydrogen-bond acceptors (Lipinski definition) is 7. The molecule has 154 valence electrons. The van der Waals surface area contributed by atoms with E-state index in [0.717, 1.165) is 64.1 Å². The average molecular weight is 396 g/mol. The van der Waals surface area contributed by atoms with Crippen molar-refractivity contribution in [3.63, 3.8) is 0 Å². The number of carbonyl (C=O) groups excluding carboxylic acids is 1. The molecular weight excluding hydrogens is 368 g/mol. The van der Waals surface area contributed by atoms with Crippen LogP contribution in [0.3, 0.4) is 0 Å². The molecule has 1 amide bonds. The van der Waals surface area contributed by atoms with Crippen LogP contribution in [0, 0.1) is 0 Å². The van der Waals surface area contributed by atoms with Crippen LogP contribution >= 0.6 is 0 Å². The van der Waals surface area contributed by atoms with Crippen LogP contribution in [0.4, 0.5) is 17.3 Å². The second kappa shape index (κ2) is 9.19. The molecule has 2 fully saturated rings. The van der Waals surface area contributed by atoms with Crippen molar-refractivity contribution in [2.45, 2.75) is 13.0 Å². The number of ether oxygens (including phenoxy) is 1. The van der Waals surface area contributed by atoms with Gasteiger partial charge in [0.05, 0.1) is 19.3 Å². The summed E-state index contributed by atoms with van der Waals surface area (Å²) < 4.78 is 5.40. The maximum absolute atomic E-state index is 12.7. The number of anilines is 3. The first kappa shape index (κ1) is 19.6. The first-order valence-corrected chi connectivity index (χ1v) is 10.2. The lowest BCUT2D eigenvalue weighted by atomic mass is 10.2. The Labute approximate surface area is 171 Å². The Bertz CT molecular complexity index is 787. The highest BCUT2D eigenvalue weighted by molar-refractivity contribution is 5.94. The van der Waals surface area contributed by atoms with Crippen LogP contribution in [0.5, 0.6) is 0 Å². The van der Waals surface area contributed by atoms with Crippen molar-refractivity contribution in [2.75, 3.05) is 67.6 Å². The van der Waals surface area contributed by atoms with Gasteiger partial charge in [0.2, 0.25) is 11.9 Å². The SMILES string of the molecule is C[C@H](C(=O)Nc1ccc(N2CCOCC2)cc1)N1CCN(c2ncccn2)CC1. The molecule has 2 aliphatic rings. The Kier molecular flexibility index (Phi) is 6.21. The monoisotopic (exact) mass is 396 g/mol. The van der Waals surface area contributed by atoms with Crippen molar-refractivity contribution >= 4 is 23.2 Å². The van der Waals surface area contributed by atoms with Crippen LogP contribution in [0.2, 0.25) is 0 Å². The number of hydrogen-bond donors (Lipinski definition) is 1. The maximum atomic E-state index is 12.7. The van der Waals surface area contributed by atoms with Crippen LogP contribution in [0.1, 0.15) is 6.92 Å². The van der Waals surface area contributed by atoms with Crippen molar-refractivity contribution in [2.24, 2.45) is 0 Å². The zero-order valence-corrected chi connectivity index (χ0v) is 16.8. The summed E-state index contributed by atoms with van der Waals surface area (Å²) in [5, 5.41) is 3.05. The van der Waals surface area contributed by atoms with E-state index in [1.54, 1.807) is 12.4 Å². The van der Waals surface area contributed by atoms with E-state index < -0.39 is 0 Å². The molecule has 0 saturated carbocycles. The van der Waals surface area contributed by atoms with Gasteiger partial charge in [-0.15, -0.1) is 0 Å². The second-order valence-corrected chi connectivity index (χ2v) is 7.38. The van der Waals surface area contributed by atoms with Gasteiger partial charge in [0.15, 0.2) is 0 Å². The molecule has 0 radical (unpaired) electrons. The van der Waals surface area contributed by atoms with Gasteiger partial charge < -0.3 is 19.9 Å². The van der Waals surface area contributed by atoms with Gasteiger partial charge in [-0.05, 0) is 37.3 Å². The highest BCUT2D eigenvalue weighted by atomic mass is 16.5. The van der Waals surface area contributed by atoms with E-state index in [1.807, 2.05) is 25.1 Å². The topological polar surface area (TPSA) is 73.8 Å². The van der Waals surface area contributed by atoms with Gasteiger partial charge in [0.1, 0.15) is 0 Å². The van der Waals surface area contributed by atoms with Gasteiger partial charge in [0, 0.05) is 63.0 Å². The van der Waals surface area contributed by atoms with E-state index in [1.165, 1.54) is 5.69 Å². The van der Waals surface area contributed by atoms with Crippen molar-refractivity contribution in [1.82, 2.24) is 14.9 Å². The van der Waals surface area contributed by atoms with Crippen LogP contribution in [0.15, 0.2) is 42.7 Å². The highest BCUT2D eigenvalue weighted by Gasteiger charge is 2.26. The molecule has 1 aromatic heterocycles. The Morgan fingerprint density at radius 2 is 1.62 bits per heavy atom. The summed E-state index contributed by atoms with van der Waals surface area (Å²) in [5.74, 6) is 0.776. The lowest BCUT2D eigenvalue weighted by Crippen LogP contribution is -2.53. The fraction of sp³-hybridized carbons (Fsp3) is 0.476. The number of carbonyl (C=O) groups is 1. The number of morpholine rings is 1. The smallest absolute Gasteiger partial charge is 0.241 e. The standard InChI is InChI=1S/C21H28N6O2/c1-17(25-9-11-27(12-10-25)21-22-7-2-8-23-21)20(28)24-18-3-5-19(6-4-18)26-13-15-29-16-14-26/h2-8,17H,9-16H2,1H3,(H,24,28)/t17-/m1/s1. The lowest BCUT2D eigenvalue weighted by molar-refractivity contribution is -0.120. The van der Waals surface area contributed by atoms with Gasteiger partial charge in [-0.1, -0.05) is 0 Å². The van der Waals surface area contributed by atoms with Gasteiger partial charge in [-0.25, -0.2) is 9.97 Å². The molecule has 0 bridgehead atoms. The molecule has 0 unspecified atom stereocenters. The predicted molar refractivity (Wildman–Crippen MR) is 113 cm³/mol. The van der Waals surface area contributed by atoms with E-state index >= 15 is 0 Å². The maximum Gasteiger partial charge on any atom is 0.241 e. The van der Waals surface area contributed by atoms with Crippen LogP contribution in [-0.2, 0) is 9.53 Å². The summed E-state index contributed by atoms with van der Waals surface area (Å²) in [4.78, 5) is 28.0. The van der Waals surface area contributed by atoms with Gasteiger partial charge >= 0.3 is 0 Å².